The van der Waals surface area contributed by atoms with Gasteiger partial charge < -0.3 is 67.5 Å². The van der Waals surface area contributed by atoms with Gasteiger partial charge in [0.15, 0.2) is 0 Å². The van der Waals surface area contributed by atoms with Crippen molar-refractivity contribution in [2.24, 2.45) is 10.2 Å². The number of carbonyl (C=O) groups is 3. The zero-order chi connectivity index (χ0) is 64.5. The third kappa shape index (κ3) is 21.8. The second-order valence-corrected chi connectivity index (χ2v) is 27.9. The number of fused-ring (bicyclic) bond motifs is 4. The summed E-state index contributed by atoms with van der Waals surface area (Å²) in [6, 6.07) is 0.115. The molecule has 0 heterocycles. The van der Waals surface area contributed by atoms with E-state index in [4.69, 9.17) is 0 Å². The molecule has 8 rings (SSSR count). The molecule has 0 bridgehead atoms. The molecule has 2 amide bonds. The van der Waals surface area contributed by atoms with Crippen LogP contribution in [0.3, 0.4) is 0 Å². The monoisotopic (exact) mass is 1650 g/mol. The molecule has 55 heteroatoms. The van der Waals surface area contributed by atoms with Gasteiger partial charge in [0.2, 0.25) is 11.6 Å². The van der Waals surface area contributed by atoms with Crippen LogP contribution in [0, 0.1) is 0 Å². The van der Waals surface area contributed by atoms with Gasteiger partial charge in [-0.25, -0.2) is 72.1 Å². The van der Waals surface area contributed by atoms with Crippen molar-refractivity contribution in [1.29, 1.82) is 0 Å². The number of amides is 2. The Labute approximate surface area is 739 Å². The molecule has 0 atom stereocenters. The smallest absolute Gasteiger partial charge is 0.872 e. The van der Waals surface area contributed by atoms with Crippen LogP contribution in [0.25, 0.3) is 31.4 Å². The Bertz CT molecular complexity index is 5040. The first-order valence-corrected chi connectivity index (χ1v) is 32.7. The number of hydrogen-bond acceptors (Lipinski definition) is 35. The predicted molar refractivity (Wildman–Crippen MR) is 265 cm³/mol. The number of urea groups is 1. The zero-order valence-corrected chi connectivity index (χ0v) is 73.3. The van der Waals surface area contributed by atoms with E-state index in [2.05, 4.69) is 10.2 Å². The minimum Gasteiger partial charge on any atom is -0.872 e. The largest absolute Gasteiger partial charge is 2.00 e. The van der Waals surface area contributed by atoms with Crippen molar-refractivity contribution in [2.45, 2.75) is 29.4 Å². The molecular weight excluding hydrogens is 1640 g/mol. The van der Waals surface area contributed by atoms with E-state index in [1.54, 1.807) is 21.5 Å². The van der Waals surface area contributed by atoms with Crippen molar-refractivity contribution in [2.75, 3.05) is 21.5 Å². The zero-order valence-electron chi connectivity index (χ0n) is 48.8. The number of nitrogens with one attached hydrogen (secondary N) is 4. The summed E-state index contributed by atoms with van der Waals surface area (Å²) in [5.41, 5.74) is -10.6. The van der Waals surface area contributed by atoms with Gasteiger partial charge in [0.1, 0.15) is 92.4 Å². The quantitative estimate of drug-likeness (QED) is 0.0447. The average molecular weight is 1660 g/mol. The first-order valence-electron chi connectivity index (χ1n) is 21.4. The van der Waals surface area contributed by atoms with Crippen LogP contribution in [0.4, 0.5) is 27.5 Å². The Morgan fingerprint density at radius 3 is 0.896 bits per heavy atom. The standard InChI is InChI=1S/C41H28N6O31S8.2Cu.8Na/c48-23-9-17(79(55,56)57)1-13-3-29(85(73,74)75)39(52)35(31(13)23)46-44-21-11-25(81(61,62)63)19-5-15(7-27(83(67,68)69)33(19)37(21)50)42-41(54)43-16-6-20-26(82(64,65)66)12-22(38(51)34(20)28(8-16)84(70,71)72)45-47-36-32-14(4-30(40(36)53)86(76,77)78)2-18(10-24(32)49)80(58,59)60;;;;;;;;;;/h1-12,46-49,52-53H,(H2,42,43,54)(H,55,56,57)(H,58,59,60)(H,61,62,63)(H,64,65,66)(H,67,68,69)(H,70,71,72)(H,73,74,75)(H,76,77,78);;;;;;;;;;/q;2*+2;8*+1/p-12/b44-21+,45-22+;;;;;;;;;;. The van der Waals surface area contributed by atoms with E-state index in [0.717, 1.165) is 0 Å². The molecule has 0 saturated carbocycles. The van der Waals surface area contributed by atoms with Crippen LogP contribution in [0.1, 0.15) is 31.8 Å². The Hall–Kier alpha value is 0.389. The van der Waals surface area contributed by atoms with Crippen LogP contribution in [-0.2, 0) is 115 Å². The number of hydrazone groups is 2. The summed E-state index contributed by atoms with van der Waals surface area (Å²) in [4.78, 5) is 28.0. The minimum absolute atomic E-state index is 0. The average Bonchev–Trinajstić information content (AvgIpc) is 0.762. The van der Waals surface area contributed by atoms with Gasteiger partial charge in [-0.15, -0.1) is 0 Å². The third-order valence-corrected chi connectivity index (χ3v) is 18.4. The molecule has 0 unspecified atom stereocenters. The molecule has 37 nitrogen and oxygen atoms in total. The number of rotatable bonds is 14. The molecule has 96 heavy (non-hydrogen) atoms. The van der Waals surface area contributed by atoms with Gasteiger partial charge in [-0.1, -0.05) is 35.1 Å². The van der Waals surface area contributed by atoms with Crippen molar-refractivity contribution < 1.29 is 409 Å². The molecule has 6 aromatic rings. The van der Waals surface area contributed by atoms with Crippen molar-refractivity contribution in [3.63, 3.8) is 0 Å². The molecule has 2 aliphatic rings. The maximum atomic E-state index is 13.9. The van der Waals surface area contributed by atoms with Crippen molar-refractivity contribution in [3.05, 3.63) is 95.1 Å². The van der Waals surface area contributed by atoms with Gasteiger partial charge in [0.25, 0.3) is 0 Å². The summed E-state index contributed by atoms with van der Waals surface area (Å²) in [5.74, 6) is -10.8. The number of carbonyl (C=O) groups excluding carboxylic acids is 3. The minimum atomic E-state index is -6.19. The Morgan fingerprint density at radius 2 is 0.646 bits per heavy atom. The summed E-state index contributed by atoms with van der Waals surface area (Å²) in [6.45, 7) is 0. The van der Waals surface area contributed by atoms with Crippen molar-refractivity contribution in [3.8, 4) is 23.0 Å². The number of Topliss-reactive ketones (excluding diaryl/α,β-unsaturated/α-hetero) is 2. The molecule has 6 aromatic carbocycles. The van der Waals surface area contributed by atoms with E-state index < -0.39 is 239 Å². The summed E-state index contributed by atoms with van der Waals surface area (Å²) in [5, 5.41) is 58.7. The normalized spacial score (nSPS) is 13.9. The van der Waals surface area contributed by atoms with E-state index in [9.17, 15) is 139 Å². The van der Waals surface area contributed by atoms with E-state index in [-0.39, 0.29) is 319 Å². The van der Waals surface area contributed by atoms with Crippen LogP contribution < -0.4 is 278 Å². The van der Waals surface area contributed by atoms with Gasteiger partial charge in [-0.2, -0.15) is 10.2 Å². The number of ketones is 2. The summed E-state index contributed by atoms with van der Waals surface area (Å²) >= 11 is 0. The predicted octanol–water partition coefficient (Wildman–Crippen LogP) is -27.5. The van der Waals surface area contributed by atoms with Crippen LogP contribution >= 0.6 is 0 Å². The Balaban J connectivity index is -0.00000865. The van der Waals surface area contributed by atoms with E-state index in [0.29, 0.717) is 24.3 Å². The second kappa shape index (κ2) is 36.1. The van der Waals surface area contributed by atoms with Gasteiger partial charge in [0, 0.05) is 32.3 Å². The first kappa shape index (κ1) is 101. The second-order valence-electron chi connectivity index (χ2n) is 17.1. The van der Waals surface area contributed by atoms with Crippen LogP contribution in [0.2, 0.25) is 0 Å². The number of nitrogens with zero attached hydrogens (tertiary/aromatic N) is 2. The van der Waals surface area contributed by atoms with E-state index >= 15 is 0 Å². The van der Waals surface area contributed by atoms with Crippen LogP contribution in [0.15, 0.2) is 112 Å². The molecule has 4 N–H and O–H groups in total. The molecular formula is C41H16Cu2N6Na8O31S8. The van der Waals surface area contributed by atoms with Gasteiger partial charge in [-0.05, 0) is 82.2 Å². The Morgan fingerprint density at radius 1 is 0.365 bits per heavy atom. The number of benzene rings is 6. The molecule has 0 saturated heterocycles. The molecule has 2 aliphatic carbocycles. The number of hydrogen-bond donors (Lipinski definition) is 4. The SMILES string of the molecule is O=C(Nc1cc2c(c(S(=O)(=O)[O-])c1)C(=O)/C(=N/Nc1c([O-])c(S(=O)(=O)[O-])cc3cc(S(=O)(=O)[O-])cc([O-])c13)C=C2S(=O)(=O)[O-])Nc1cc2c(c(S(=O)(=O)[O-])c1)C(=O)/C(=N/Nc1c([O-])c(S(=O)(=O)[O-])cc3cc(S(=O)(=O)[O-])cc([O-])c13)C=C2S(=O)(=O)[O-].[Cu+2].[Cu+2].[Na+].[Na+].[Na+].[Na+].[Na+].[Na+].[Na+].[Na+]. The summed E-state index contributed by atoms with van der Waals surface area (Å²) in [7, 11) is -47.4. The first-order chi connectivity index (χ1) is 39.1. The molecule has 0 spiro atoms. The van der Waals surface area contributed by atoms with Crippen molar-refractivity contribution in [1.82, 2.24) is 0 Å². The van der Waals surface area contributed by atoms with Gasteiger partial charge in [0.05, 0.1) is 51.9 Å². The molecule has 0 fully saturated rings. The molecule has 474 valence electrons. The fourth-order valence-corrected chi connectivity index (χ4v) is 13.3. The van der Waals surface area contributed by atoms with Gasteiger partial charge >= 0.3 is 277 Å². The van der Waals surface area contributed by atoms with Gasteiger partial charge in [-0.3, -0.25) is 20.4 Å². The number of anilines is 4. The fourth-order valence-electron chi connectivity index (χ4n) is 8.27. The Kier molecular flexibility index (Phi) is 37.8. The topological polar surface area (TPSA) is 674 Å². The number of allylic oxidation sites excluding steroid dienone is 2. The molecule has 2 radical (unpaired) electrons. The fraction of sp³-hybridized carbons (Fsp3) is 0. The summed E-state index contributed by atoms with van der Waals surface area (Å²) in [6.07, 6.45) is -0.000713. The maximum Gasteiger partial charge on any atom is 2.00 e. The summed E-state index contributed by atoms with van der Waals surface area (Å²) < 4.78 is 295. The van der Waals surface area contributed by atoms with Crippen molar-refractivity contribution >= 4 is 164 Å². The maximum absolute atomic E-state index is 13.9. The van der Waals surface area contributed by atoms with Crippen LogP contribution in [-0.4, -0.2) is 133 Å². The van der Waals surface area contributed by atoms with Crippen LogP contribution in [0.5, 0.6) is 23.0 Å². The molecule has 0 aromatic heterocycles. The third-order valence-electron chi connectivity index (χ3n) is 11.7. The molecule has 0 aliphatic heterocycles. The van der Waals surface area contributed by atoms with E-state index in [1.807, 2.05) is 0 Å². The van der Waals surface area contributed by atoms with E-state index in [1.165, 1.54) is 0 Å².